The van der Waals surface area contributed by atoms with Crippen molar-refractivity contribution in [3.8, 4) is 0 Å². The van der Waals surface area contributed by atoms with Crippen LogP contribution < -0.4 is 0 Å². The Morgan fingerprint density at radius 3 is 1.38 bits per heavy atom. The van der Waals surface area contributed by atoms with Gasteiger partial charge >= 0.3 is 11.9 Å². The molecule has 2 aromatic rings. The van der Waals surface area contributed by atoms with E-state index >= 15 is 0 Å². The minimum Gasteiger partial charge on any atom is -0.438 e. The summed E-state index contributed by atoms with van der Waals surface area (Å²) in [6.07, 6.45) is -0.430. The number of rotatable bonds is 2. The summed E-state index contributed by atoms with van der Waals surface area (Å²) in [5, 5.41) is 0. The Morgan fingerprint density at radius 2 is 0.969 bits per heavy atom. The van der Waals surface area contributed by atoms with Crippen molar-refractivity contribution in [1.82, 2.24) is 9.80 Å². The van der Waals surface area contributed by atoms with E-state index in [1.165, 1.54) is 0 Å². The summed E-state index contributed by atoms with van der Waals surface area (Å²) >= 11 is 0. The van der Waals surface area contributed by atoms with E-state index in [0.29, 0.717) is 37.6 Å². The summed E-state index contributed by atoms with van der Waals surface area (Å²) in [5.41, 5.74) is 3.35. The van der Waals surface area contributed by atoms with Gasteiger partial charge in [-0.2, -0.15) is 0 Å². The molecule has 0 N–H and O–H groups in total. The first kappa shape index (κ1) is 21.1. The normalized spacial score (nSPS) is 25.2. The number of ether oxygens (including phenoxy) is 4. The van der Waals surface area contributed by atoms with E-state index in [4.69, 9.17) is 18.9 Å². The van der Waals surface area contributed by atoms with Crippen LogP contribution in [0.15, 0.2) is 48.5 Å². The second-order valence-electron chi connectivity index (χ2n) is 7.99. The fourth-order valence-electron chi connectivity index (χ4n) is 4.42. The summed E-state index contributed by atoms with van der Waals surface area (Å²) in [5.74, 6) is -0.431. The standard InChI is InChI=1S/2C12H13NO3/c2*14-12-10-4-2-1-3-9(10)11(16-12)13-5-7-15-8-6-13/h2*1-4,11H,5-8H2/t2*11-/m10/s1. The van der Waals surface area contributed by atoms with E-state index in [1.807, 2.05) is 48.5 Å². The number of hydrogen-bond acceptors (Lipinski definition) is 8. The van der Waals surface area contributed by atoms with Gasteiger partial charge < -0.3 is 18.9 Å². The number of fused-ring (bicyclic) bond motifs is 2. The van der Waals surface area contributed by atoms with Crippen molar-refractivity contribution >= 4 is 11.9 Å². The molecule has 8 nitrogen and oxygen atoms in total. The zero-order chi connectivity index (χ0) is 21.9. The monoisotopic (exact) mass is 438 g/mol. The van der Waals surface area contributed by atoms with Crippen LogP contribution in [0.5, 0.6) is 0 Å². The Bertz CT molecular complexity index is 904. The molecule has 8 heteroatoms. The molecule has 0 spiro atoms. The van der Waals surface area contributed by atoms with Crippen LogP contribution in [0.1, 0.15) is 44.3 Å². The Balaban J connectivity index is 0.000000135. The van der Waals surface area contributed by atoms with Crippen molar-refractivity contribution < 1.29 is 28.5 Å². The van der Waals surface area contributed by atoms with Gasteiger partial charge in [0.15, 0.2) is 12.5 Å². The van der Waals surface area contributed by atoms with Gasteiger partial charge in [0.2, 0.25) is 0 Å². The van der Waals surface area contributed by atoms with Crippen LogP contribution in [0.4, 0.5) is 0 Å². The second-order valence-corrected chi connectivity index (χ2v) is 7.99. The summed E-state index contributed by atoms with van der Waals surface area (Å²) in [6.45, 7) is 6.07. The van der Waals surface area contributed by atoms with Gasteiger partial charge in [0, 0.05) is 37.3 Å². The largest absolute Gasteiger partial charge is 0.438 e. The van der Waals surface area contributed by atoms with Crippen LogP contribution in [0.3, 0.4) is 0 Å². The zero-order valence-electron chi connectivity index (χ0n) is 17.8. The fraction of sp³-hybridized carbons (Fsp3) is 0.417. The zero-order valence-corrected chi connectivity index (χ0v) is 17.8. The van der Waals surface area contributed by atoms with Gasteiger partial charge in [0.1, 0.15) is 0 Å². The van der Waals surface area contributed by atoms with E-state index in [9.17, 15) is 9.59 Å². The topological polar surface area (TPSA) is 77.5 Å². The molecule has 2 fully saturated rings. The lowest BCUT2D eigenvalue weighted by atomic mass is 10.1. The minimum absolute atomic E-state index is 0.215. The number of cyclic esters (lactones) is 2. The average Bonchev–Trinajstić information content (AvgIpc) is 3.38. The van der Waals surface area contributed by atoms with Gasteiger partial charge in [-0.1, -0.05) is 36.4 Å². The molecule has 4 aliphatic heterocycles. The van der Waals surface area contributed by atoms with Crippen molar-refractivity contribution in [1.29, 1.82) is 0 Å². The summed E-state index contributed by atoms with van der Waals surface area (Å²) < 4.78 is 21.4. The first-order valence-corrected chi connectivity index (χ1v) is 11.0. The predicted molar refractivity (Wildman–Crippen MR) is 114 cm³/mol. The molecular weight excluding hydrogens is 412 g/mol. The Labute approximate surface area is 186 Å². The highest BCUT2D eigenvalue weighted by atomic mass is 16.6. The summed E-state index contributed by atoms with van der Waals surface area (Å²) in [6, 6.07) is 15.2. The van der Waals surface area contributed by atoms with Gasteiger partial charge in [0.05, 0.1) is 37.6 Å². The molecule has 4 aliphatic rings. The first-order chi connectivity index (χ1) is 15.7. The molecule has 0 unspecified atom stereocenters. The highest BCUT2D eigenvalue weighted by Gasteiger charge is 2.36. The van der Waals surface area contributed by atoms with Gasteiger partial charge in [-0.15, -0.1) is 0 Å². The molecular formula is C24H26N2O6. The van der Waals surface area contributed by atoms with Crippen molar-refractivity contribution in [2.75, 3.05) is 52.6 Å². The van der Waals surface area contributed by atoms with Gasteiger partial charge in [-0.3, -0.25) is 9.80 Å². The van der Waals surface area contributed by atoms with E-state index in [0.717, 1.165) is 37.3 Å². The Hall–Kier alpha value is -2.78. The van der Waals surface area contributed by atoms with Crippen LogP contribution in [0, 0.1) is 0 Å². The minimum atomic E-state index is -0.216. The third-order valence-corrected chi connectivity index (χ3v) is 6.09. The number of hydrogen-bond donors (Lipinski definition) is 0. The Kier molecular flexibility index (Phi) is 6.18. The molecule has 0 bridgehead atoms. The molecule has 4 heterocycles. The highest BCUT2D eigenvalue weighted by molar-refractivity contribution is 5.94. The molecule has 32 heavy (non-hydrogen) atoms. The molecule has 2 atom stereocenters. The summed E-state index contributed by atoms with van der Waals surface area (Å²) in [7, 11) is 0. The lowest BCUT2D eigenvalue weighted by Gasteiger charge is -2.31. The van der Waals surface area contributed by atoms with Crippen molar-refractivity contribution in [3.05, 3.63) is 70.8 Å². The number of nitrogens with zero attached hydrogens (tertiary/aromatic N) is 2. The van der Waals surface area contributed by atoms with Crippen LogP contribution >= 0.6 is 0 Å². The predicted octanol–water partition coefficient (Wildman–Crippen LogP) is 2.38. The maximum atomic E-state index is 11.6. The summed E-state index contributed by atoms with van der Waals surface area (Å²) in [4.78, 5) is 27.6. The molecule has 0 aliphatic carbocycles. The number of carbonyl (C=O) groups excluding carboxylic acids is 2. The maximum Gasteiger partial charge on any atom is 0.340 e. The first-order valence-electron chi connectivity index (χ1n) is 11.0. The third kappa shape index (κ3) is 4.14. The van der Waals surface area contributed by atoms with Crippen molar-refractivity contribution in [2.45, 2.75) is 12.5 Å². The highest BCUT2D eigenvalue weighted by Crippen LogP contribution is 2.34. The number of benzene rings is 2. The van der Waals surface area contributed by atoms with Crippen molar-refractivity contribution in [3.63, 3.8) is 0 Å². The van der Waals surface area contributed by atoms with Gasteiger partial charge in [-0.25, -0.2) is 9.59 Å². The quantitative estimate of drug-likeness (QED) is 0.662. The van der Waals surface area contributed by atoms with Crippen LogP contribution in [0.25, 0.3) is 0 Å². The van der Waals surface area contributed by atoms with Gasteiger partial charge in [0.25, 0.3) is 0 Å². The lowest BCUT2D eigenvalue weighted by molar-refractivity contribution is -0.0660. The third-order valence-electron chi connectivity index (χ3n) is 6.09. The Morgan fingerprint density at radius 1 is 0.594 bits per heavy atom. The van der Waals surface area contributed by atoms with Crippen molar-refractivity contribution in [2.24, 2.45) is 0 Å². The molecule has 0 aromatic heterocycles. The molecule has 0 amide bonds. The lowest BCUT2D eigenvalue weighted by Crippen LogP contribution is -2.39. The van der Waals surface area contributed by atoms with E-state index in [2.05, 4.69) is 9.80 Å². The number of morpholine rings is 2. The second kappa shape index (κ2) is 9.38. The SMILES string of the molecule is O=C1O[C@@H](N2CCOCC2)c2ccccc21.O=C1O[C@H](N2CCOCC2)c2ccccc21. The average molecular weight is 438 g/mol. The molecule has 0 radical (unpaired) electrons. The maximum absolute atomic E-state index is 11.6. The van der Waals surface area contributed by atoms with Gasteiger partial charge in [-0.05, 0) is 12.1 Å². The smallest absolute Gasteiger partial charge is 0.340 e. The number of carbonyl (C=O) groups is 2. The van der Waals surface area contributed by atoms with E-state index in [1.54, 1.807) is 0 Å². The fourth-order valence-corrected chi connectivity index (χ4v) is 4.42. The molecule has 2 saturated heterocycles. The molecule has 0 saturated carbocycles. The van der Waals surface area contributed by atoms with E-state index < -0.39 is 0 Å². The van der Waals surface area contributed by atoms with Crippen LogP contribution in [-0.4, -0.2) is 74.3 Å². The van der Waals surface area contributed by atoms with E-state index in [-0.39, 0.29) is 24.4 Å². The molecule has 168 valence electrons. The number of esters is 2. The van der Waals surface area contributed by atoms with Crippen LogP contribution in [-0.2, 0) is 18.9 Å². The molecule has 6 rings (SSSR count). The van der Waals surface area contributed by atoms with Crippen LogP contribution in [0.2, 0.25) is 0 Å². The molecule has 2 aromatic carbocycles.